The number of benzene rings is 1. The Kier molecular flexibility index (Phi) is 2.76. The van der Waals surface area contributed by atoms with Crippen LogP contribution in [-0.2, 0) is 0 Å². The van der Waals surface area contributed by atoms with Gasteiger partial charge in [0.15, 0.2) is 5.78 Å². The molecular formula is C9H8Cl2O. The monoisotopic (exact) mass is 202 g/mol. The van der Waals surface area contributed by atoms with Crippen LogP contribution in [0.15, 0.2) is 12.1 Å². The van der Waals surface area contributed by atoms with Gasteiger partial charge < -0.3 is 0 Å². The van der Waals surface area contributed by atoms with Gasteiger partial charge >= 0.3 is 0 Å². The topological polar surface area (TPSA) is 17.1 Å². The molecular weight excluding hydrogens is 195 g/mol. The quantitative estimate of drug-likeness (QED) is 0.638. The highest BCUT2D eigenvalue weighted by molar-refractivity contribution is 6.35. The number of rotatable bonds is 1. The highest BCUT2D eigenvalue weighted by Crippen LogP contribution is 2.24. The fraction of sp³-hybridized carbons (Fsp3) is 0.222. The lowest BCUT2D eigenvalue weighted by Gasteiger charge is -2.04. The van der Waals surface area contributed by atoms with Gasteiger partial charge in [-0.15, -0.1) is 0 Å². The molecule has 0 atom stereocenters. The smallest absolute Gasteiger partial charge is 0.160 e. The van der Waals surface area contributed by atoms with E-state index in [9.17, 15) is 4.79 Å². The number of halogens is 2. The fourth-order valence-corrected chi connectivity index (χ4v) is 1.50. The van der Waals surface area contributed by atoms with Crippen LogP contribution in [0.2, 0.25) is 10.0 Å². The van der Waals surface area contributed by atoms with Gasteiger partial charge in [-0.25, -0.2) is 0 Å². The Hall–Kier alpha value is -0.530. The summed E-state index contributed by atoms with van der Waals surface area (Å²) in [5.41, 5.74) is 1.38. The molecule has 0 heterocycles. The summed E-state index contributed by atoms with van der Waals surface area (Å²) in [7, 11) is 0. The number of Topliss-reactive ketones (excluding diaryl/α,β-unsaturated/α-hetero) is 1. The summed E-state index contributed by atoms with van der Waals surface area (Å²) in [4.78, 5) is 11.1. The molecule has 1 aromatic carbocycles. The number of hydrogen-bond donors (Lipinski definition) is 0. The first-order valence-electron chi connectivity index (χ1n) is 3.49. The van der Waals surface area contributed by atoms with Crippen molar-refractivity contribution in [2.24, 2.45) is 0 Å². The summed E-state index contributed by atoms with van der Waals surface area (Å²) in [6.07, 6.45) is 0. The third-order valence-electron chi connectivity index (χ3n) is 1.69. The summed E-state index contributed by atoms with van der Waals surface area (Å²) in [5.74, 6) is -0.0168. The van der Waals surface area contributed by atoms with Gasteiger partial charge in [-0.1, -0.05) is 23.2 Å². The zero-order chi connectivity index (χ0) is 9.30. The molecule has 0 saturated heterocycles. The molecule has 1 nitrogen and oxygen atoms in total. The second-order valence-corrected chi connectivity index (χ2v) is 3.46. The van der Waals surface area contributed by atoms with Gasteiger partial charge in [0.05, 0.1) is 0 Å². The Morgan fingerprint density at radius 3 is 2.42 bits per heavy atom. The number of hydrogen-bond acceptors (Lipinski definition) is 1. The van der Waals surface area contributed by atoms with Crippen molar-refractivity contribution >= 4 is 29.0 Å². The van der Waals surface area contributed by atoms with Gasteiger partial charge in [0.2, 0.25) is 0 Å². The van der Waals surface area contributed by atoms with Crippen molar-refractivity contribution in [3.63, 3.8) is 0 Å². The molecule has 1 rings (SSSR count). The summed E-state index contributed by atoms with van der Waals surface area (Å²) >= 11 is 11.6. The molecule has 0 radical (unpaired) electrons. The van der Waals surface area contributed by atoms with E-state index in [0.29, 0.717) is 15.6 Å². The minimum Gasteiger partial charge on any atom is -0.294 e. The lowest BCUT2D eigenvalue weighted by atomic mass is 10.1. The largest absolute Gasteiger partial charge is 0.294 e. The summed E-state index contributed by atoms with van der Waals surface area (Å²) in [6, 6.07) is 3.26. The predicted octanol–water partition coefficient (Wildman–Crippen LogP) is 3.50. The van der Waals surface area contributed by atoms with Crippen molar-refractivity contribution in [3.05, 3.63) is 33.3 Å². The highest BCUT2D eigenvalue weighted by atomic mass is 35.5. The van der Waals surface area contributed by atoms with E-state index >= 15 is 0 Å². The van der Waals surface area contributed by atoms with Crippen molar-refractivity contribution in [2.45, 2.75) is 13.8 Å². The molecule has 3 heteroatoms. The van der Waals surface area contributed by atoms with Gasteiger partial charge in [0.1, 0.15) is 0 Å². The van der Waals surface area contributed by atoms with Crippen LogP contribution < -0.4 is 0 Å². The molecule has 0 saturated carbocycles. The van der Waals surface area contributed by atoms with Crippen LogP contribution >= 0.6 is 23.2 Å². The molecule has 0 unspecified atom stereocenters. The van der Waals surface area contributed by atoms with Gasteiger partial charge in [0, 0.05) is 15.6 Å². The lowest BCUT2D eigenvalue weighted by Crippen LogP contribution is -1.96. The van der Waals surface area contributed by atoms with Crippen LogP contribution in [0.5, 0.6) is 0 Å². The summed E-state index contributed by atoms with van der Waals surface area (Å²) < 4.78 is 0. The number of carbonyl (C=O) groups is 1. The van der Waals surface area contributed by atoms with Crippen LogP contribution in [0.3, 0.4) is 0 Å². The van der Waals surface area contributed by atoms with Crippen molar-refractivity contribution in [2.75, 3.05) is 0 Å². The van der Waals surface area contributed by atoms with Crippen LogP contribution in [0.4, 0.5) is 0 Å². The number of ketones is 1. The minimum atomic E-state index is -0.0168. The molecule has 0 aromatic heterocycles. The first-order chi connectivity index (χ1) is 5.52. The molecule has 0 aliphatic heterocycles. The maximum Gasteiger partial charge on any atom is 0.160 e. The first kappa shape index (κ1) is 9.56. The van der Waals surface area contributed by atoms with Gasteiger partial charge in [-0.2, -0.15) is 0 Å². The van der Waals surface area contributed by atoms with Crippen molar-refractivity contribution < 1.29 is 4.79 Å². The molecule has 0 aliphatic carbocycles. The van der Waals surface area contributed by atoms with Crippen LogP contribution in [0.1, 0.15) is 22.8 Å². The normalized spacial score (nSPS) is 10.0. The molecule has 0 spiro atoms. The predicted molar refractivity (Wildman–Crippen MR) is 51.2 cm³/mol. The Morgan fingerprint density at radius 1 is 1.33 bits per heavy atom. The molecule has 0 aliphatic rings. The van der Waals surface area contributed by atoms with Crippen LogP contribution in [0.25, 0.3) is 0 Å². The Balaban J connectivity index is 3.37. The van der Waals surface area contributed by atoms with E-state index in [2.05, 4.69) is 0 Å². The van der Waals surface area contributed by atoms with Gasteiger partial charge in [-0.05, 0) is 31.5 Å². The van der Waals surface area contributed by atoms with E-state index in [0.717, 1.165) is 5.56 Å². The maximum absolute atomic E-state index is 11.1. The third kappa shape index (κ3) is 1.79. The highest BCUT2D eigenvalue weighted by Gasteiger charge is 2.07. The Morgan fingerprint density at radius 2 is 1.92 bits per heavy atom. The molecule has 0 amide bonds. The zero-order valence-electron chi connectivity index (χ0n) is 6.82. The van der Waals surface area contributed by atoms with E-state index < -0.39 is 0 Å². The van der Waals surface area contributed by atoms with Gasteiger partial charge in [0.25, 0.3) is 0 Å². The Bertz CT molecular complexity index is 332. The molecule has 1 aromatic rings. The average molecular weight is 203 g/mol. The standard InChI is InChI=1S/C9H8Cl2O/c1-5-8(6(2)12)3-7(10)4-9(5)11/h3-4H,1-2H3. The lowest BCUT2D eigenvalue weighted by molar-refractivity contribution is 0.101. The van der Waals surface area contributed by atoms with Crippen LogP contribution in [0, 0.1) is 6.92 Å². The molecule has 0 bridgehead atoms. The number of carbonyl (C=O) groups excluding carboxylic acids is 1. The second-order valence-electron chi connectivity index (χ2n) is 2.62. The van der Waals surface area contributed by atoms with E-state index in [1.54, 1.807) is 19.1 Å². The van der Waals surface area contributed by atoms with Crippen molar-refractivity contribution in [3.8, 4) is 0 Å². The molecule has 0 N–H and O–H groups in total. The molecule has 64 valence electrons. The van der Waals surface area contributed by atoms with Gasteiger partial charge in [-0.3, -0.25) is 4.79 Å². The first-order valence-corrected chi connectivity index (χ1v) is 4.24. The zero-order valence-corrected chi connectivity index (χ0v) is 8.33. The summed E-state index contributed by atoms with van der Waals surface area (Å²) in [6.45, 7) is 3.30. The van der Waals surface area contributed by atoms with E-state index in [4.69, 9.17) is 23.2 Å². The molecule has 12 heavy (non-hydrogen) atoms. The van der Waals surface area contributed by atoms with E-state index in [-0.39, 0.29) is 5.78 Å². The third-order valence-corrected chi connectivity index (χ3v) is 2.30. The maximum atomic E-state index is 11.1. The second kappa shape index (κ2) is 3.46. The van der Waals surface area contributed by atoms with Crippen LogP contribution in [-0.4, -0.2) is 5.78 Å². The van der Waals surface area contributed by atoms with Crippen molar-refractivity contribution in [1.82, 2.24) is 0 Å². The molecule has 0 fully saturated rings. The van der Waals surface area contributed by atoms with Crippen molar-refractivity contribution in [1.29, 1.82) is 0 Å². The SMILES string of the molecule is CC(=O)c1cc(Cl)cc(Cl)c1C. The summed E-state index contributed by atoms with van der Waals surface area (Å²) in [5, 5.41) is 1.03. The minimum absolute atomic E-state index is 0.0168. The fourth-order valence-electron chi connectivity index (χ4n) is 1.01. The Labute approximate surface area is 81.3 Å². The van der Waals surface area contributed by atoms with E-state index in [1.807, 2.05) is 0 Å². The van der Waals surface area contributed by atoms with E-state index in [1.165, 1.54) is 6.92 Å². The average Bonchev–Trinajstić information content (AvgIpc) is 1.96.